The first-order valence-electron chi connectivity index (χ1n) is 9.73. The number of amides is 3. The molecule has 0 unspecified atom stereocenters. The zero-order valence-corrected chi connectivity index (χ0v) is 18.4. The molecule has 3 rings (SSSR count). The molecule has 2 aromatic carbocycles. The van der Waals surface area contributed by atoms with Crippen LogP contribution < -0.4 is 16.0 Å². The van der Waals surface area contributed by atoms with Crippen LogP contribution in [0.1, 0.15) is 47.2 Å². The van der Waals surface area contributed by atoms with Crippen molar-refractivity contribution in [2.75, 3.05) is 10.6 Å². The van der Waals surface area contributed by atoms with E-state index < -0.39 is 0 Å². The van der Waals surface area contributed by atoms with Gasteiger partial charge in [0.05, 0.1) is 12.1 Å². The molecule has 31 heavy (non-hydrogen) atoms. The van der Waals surface area contributed by atoms with Crippen molar-refractivity contribution in [2.24, 2.45) is 0 Å². The molecular formula is C23H24N4O3S. The molecule has 0 radical (unpaired) electrons. The van der Waals surface area contributed by atoms with Crippen LogP contribution in [0.2, 0.25) is 0 Å². The molecule has 1 heterocycles. The Bertz CT molecular complexity index is 1070. The fourth-order valence-corrected chi connectivity index (χ4v) is 3.40. The van der Waals surface area contributed by atoms with Crippen molar-refractivity contribution >= 4 is 39.9 Å². The first-order chi connectivity index (χ1) is 14.7. The molecule has 0 aliphatic heterocycles. The summed E-state index contributed by atoms with van der Waals surface area (Å²) in [6.45, 7) is 5.74. The third-order valence-electron chi connectivity index (χ3n) is 4.07. The lowest BCUT2D eigenvalue weighted by Crippen LogP contribution is -2.40. The van der Waals surface area contributed by atoms with Crippen molar-refractivity contribution in [3.8, 4) is 0 Å². The van der Waals surface area contributed by atoms with Crippen LogP contribution in [0.15, 0.2) is 60.0 Å². The molecule has 3 amide bonds. The minimum Gasteiger partial charge on any atom is -0.347 e. The first kappa shape index (κ1) is 22.2. The molecule has 0 saturated heterocycles. The van der Waals surface area contributed by atoms with Crippen molar-refractivity contribution in [1.29, 1.82) is 0 Å². The molecule has 0 saturated carbocycles. The Labute approximate surface area is 184 Å². The van der Waals surface area contributed by atoms with Gasteiger partial charge in [0.25, 0.3) is 11.8 Å². The molecule has 3 aromatic rings. The van der Waals surface area contributed by atoms with E-state index in [1.165, 1.54) is 11.3 Å². The van der Waals surface area contributed by atoms with Gasteiger partial charge in [0, 0.05) is 27.7 Å². The molecule has 1 aromatic heterocycles. The van der Waals surface area contributed by atoms with Crippen LogP contribution in [0.5, 0.6) is 0 Å². The Balaban J connectivity index is 1.53. The van der Waals surface area contributed by atoms with Crippen molar-refractivity contribution in [3.63, 3.8) is 0 Å². The number of nitrogens with one attached hydrogen (secondary N) is 3. The number of aromatic nitrogens is 1. The van der Waals surface area contributed by atoms with Gasteiger partial charge in [0.1, 0.15) is 0 Å². The monoisotopic (exact) mass is 436 g/mol. The van der Waals surface area contributed by atoms with Crippen molar-refractivity contribution in [1.82, 2.24) is 10.3 Å². The smallest absolute Gasteiger partial charge is 0.257 e. The normalized spacial score (nSPS) is 10.9. The zero-order valence-electron chi connectivity index (χ0n) is 17.6. The quantitative estimate of drug-likeness (QED) is 0.541. The zero-order chi connectivity index (χ0) is 22.4. The van der Waals surface area contributed by atoms with Crippen molar-refractivity contribution < 1.29 is 14.4 Å². The van der Waals surface area contributed by atoms with Gasteiger partial charge in [-0.25, -0.2) is 4.98 Å². The van der Waals surface area contributed by atoms with E-state index in [0.717, 1.165) is 0 Å². The summed E-state index contributed by atoms with van der Waals surface area (Å²) in [5, 5.41) is 10.6. The SMILES string of the molecule is CC(C)(C)NC(=O)c1ccc(NC(=O)Cc2csc(NC(=O)c3ccccc3)n2)cc1. The molecule has 0 spiro atoms. The Morgan fingerprint density at radius 2 is 1.52 bits per heavy atom. The fraction of sp³-hybridized carbons (Fsp3) is 0.217. The van der Waals surface area contributed by atoms with E-state index in [2.05, 4.69) is 20.9 Å². The van der Waals surface area contributed by atoms with Crippen LogP contribution in [0, 0.1) is 0 Å². The topological polar surface area (TPSA) is 100 Å². The molecular weight excluding hydrogens is 412 g/mol. The molecule has 7 nitrogen and oxygen atoms in total. The highest BCUT2D eigenvalue weighted by atomic mass is 32.1. The number of hydrogen-bond acceptors (Lipinski definition) is 5. The molecule has 0 fully saturated rings. The number of benzene rings is 2. The summed E-state index contributed by atoms with van der Waals surface area (Å²) in [4.78, 5) is 41.0. The van der Waals surface area contributed by atoms with Gasteiger partial charge >= 0.3 is 0 Å². The van der Waals surface area contributed by atoms with Crippen molar-refractivity contribution in [2.45, 2.75) is 32.7 Å². The Morgan fingerprint density at radius 3 is 2.16 bits per heavy atom. The standard InChI is InChI=1S/C23H24N4O3S/c1-23(2,3)27-21(30)16-9-11-17(12-10-16)24-19(28)13-18-14-31-22(25-18)26-20(29)15-7-5-4-6-8-15/h4-12,14H,13H2,1-3H3,(H,24,28)(H,27,30)(H,25,26,29). The highest BCUT2D eigenvalue weighted by Gasteiger charge is 2.15. The number of rotatable bonds is 6. The second kappa shape index (κ2) is 9.53. The lowest BCUT2D eigenvalue weighted by Gasteiger charge is -2.20. The fourth-order valence-electron chi connectivity index (χ4n) is 2.69. The third kappa shape index (κ3) is 6.75. The van der Waals surface area contributed by atoms with Gasteiger partial charge in [-0.1, -0.05) is 18.2 Å². The summed E-state index contributed by atoms with van der Waals surface area (Å²) in [6, 6.07) is 15.5. The second-order valence-corrected chi connectivity index (χ2v) is 8.83. The molecule has 0 aliphatic carbocycles. The lowest BCUT2D eigenvalue weighted by atomic mass is 10.1. The summed E-state index contributed by atoms with van der Waals surface area (Å²) in [5.41, 5.74) is 1.89. The summed E-state index contributed by atoms with van der Waals surface area (Å²) in [6.07, 6.45) is 0.0734. The van der Waals surface area contributed by atoms with Gasteiger partial charge in [0.2, 0.25) is 5.91 Å². The van der Waals surface area contributed by atoms with Gasteiger partial charge in [0.15, 0.2) is 5.13 Å². The summed E-state index contributed by atoms with van der Waals surface area (Å²) < 4.78 is 0. The highest BCUT2D eigenvalue weighted by Crippen LogP contribution is 2.18. The van der Waals surface area contributed by atoms with E-state index in [-0.39, 0.29) is 29.7 Å². The van der Waals surface area contributed by atoms with Crippen molar-refractivity contribution in [3.05, 3.63) is 76.8 Å². The van der Waals surface area contributed by atoms with E-state index in [1.54, 1.807) is 53.9 Å². The minimum absolute atomic E-state index is 0.0734. The maximum atomic E-state index is 12.3. The molecule has 3 N–H and O–H groups in total. The van der Waals surface area contributed by atoms with Crippen LogP contribution in [0.25, 0.3) is 0 Å². The number of hydrogen-bond donors (Lipinski definition) is 3. The van der Waals surface area contributed by atoms with Gasteiger partial charge in [-0.3, -0.25) is 19.7 Å². The van der Waals surface area contributed by atoms with Crippen LogP contribution in [0.3, 0.4) is 0 Å². The number of nitrogens with zero attached hydrogens (tertiary/aromatic N) is 1. The predicted molar refractivity (Wildman–Crippen MR) is 123 cm³/mol. The molecule has 0 aliphatic rings. The molecule has 160 valence electrons. The summed E-state index contributed by atoms with van der Waals surface area (Å²) >= 11 is 1.26. The summed E-state index contributed by atoms with van der Waals surface area (Å²) in [7, 11) is 0. The van der Waals surface area contributed by atoms with Crippen LogP contribution in [-0.4, -0.2) is 28.2 Å². The Morgan fingerprint density at radius 1 is 0.871 bits per heavy atom. The number of thiazole rings is 1. The van der Waals surface area contributed by atoms with Crippen LogP contribution >= 0.6 is 11.3 Å². The lowest BCUT2D eigenvalue weighted by molar-refractivity contribution is -0.115. The van der Waals surface area contributed by atoms with Gasteiger partial charge in [-0.15, -0.1) is 11.3 Å². The Hall–Kier alpha value is -3.52. The first-order valence-corrected chi connectivity index (χ1v) is 10.6. The highest BCUT2D eigenvalue weighted by molar-refractivity contribution is 7.14. The molecule has 0 atom stereocenters. The number of carbonyl (C=O) groups is 3. The Kier molecular flexibility index (Phi) is 6.81. The third-order valence-corrected chi connectivity index (χ3v) is 4.88. The average molecular weight is 437 g/mol. The molecule has 0 bridgehead atoms. The van der Waals surface area contributed by atoms with Gasteiger partial charge in [-0.05, 0) is 57.2 Å². The minimum atomic E-state index is -0.322. The van der Waals surface area contributed by atoms with Crippen LogP contribution in [-0.2, 0) is 11.2 Å². The number of carbonyl (C=O) groups excluding carboxylic acids is 3. The van der Waals surface area contributed by atoms with E-state index in [1.807, 2.05) is 26.8 Å². The van der Waals surface area contributed by atoms with E-state index in [0.29, 0.717) is 27.6 Å². The van der Waals surface area contributed by atoms with Gasteiger partial charge in [-0.2, -0.15) is 0 Å². The van der Waals surface area contributed by atoms with Gasteiger partial charge < -0.3 is 10.6 Å². The second-order valence-electron chi connectivity index (χ2n) is 7.97. The van der Waals surface area contributed by atoms with E-state index in [9.17, 15) is 14.4 Å². The number of anilines is 2. The average Bonchev–Trinajstić information content (AvgIpc) is 3.14. The summed E-state index contributed by atoms with van der Waals surface area (Å²) in [5.74, 6) is -0.655. The molecule has 8 heteroatoms. The maximum Gasteiger partial charge on any atom is 0.257 e. The van der Waals surface area contributed by atoms with E-state index >= 15 is 0 Å². The van der Waals surface area contributed by atoms with Crippen LogP contribution in [0.4, 0.5) is 10.8 Å². The maximum absolute atomic E-state index is 12.3. The largest absolute Gasteiger partial charge is 0.347 e. The van der Waals surface area contributed by atoms with E-state index in [4.69, 9.17) is 0 Å². The predicted octanol–water partition coefficient (Wildman–Crippen LogP) is 4.10.